The second-order valence-corrected chi connectivity index (χ2v) is 6.27. The Labute approximate surface area is 150 Å². The molecule has 2 aromatic heterocycles. The first-order valence-corrected chi connectivity index (χ1v) is 8.20. The Hall–Kier alpha value is -2.42. The van der Waals surface area contributed by atoms with Crippen LogP contribution < -0.4 is 5.32 Å². The molecule has 0 spiro atoms. The summed E-state index contributed by atoms with van der Waals surface area (Å²) in [7, 11) is 0. The third-order valence-corrected chi connectivity index (χ3v) is 4.68. The second kappa shape index (κ2) is 7.22. The summed E-state index contributed by atoms with van der Waals surface area (Å²) < 4.78 is 3.11. The number of aryl methyl sites for hydroxylation is 2. The molecule has 1 amide bonds. The molecule has 0 aliphatic carbocycles. The number of nitrogens with one attached hydrogen (secondary N) is 1. The molecule has 9 nitrogen and oxygen atoms in total. The van der Waals surface area contributed by atoms with Crippen molar-refractivity contribution in [1.82, 2.24) is 24.9 Å². The highest BCUT2D eigenvalue weighted by Gasteiger charge is 2.23. The Kier molecular flexibility index (Phi) is 5.46. The van der Waals surface area contributed by atoms with Crippen molar-refractivity contribution in [2.75, 3.05) is 6.54 Å². The van der Waals surface area contributed by atoms with Crippen LogP contribution in [0.1, 0.15) is 35.7 Å². The van der Waals surface area contributed by atoms with Crippen molar-refractivity contribution in [2.24, 2.45) is 0 Å². The summed E-state index contributed by atoms with van der Waals surface area (Å²) in [5.74, 6) is -0.210. The molecular weight excluding hydrogens is 348 g/mol. The predicted octanol–water partition coefficient (Wildman–Crippen LogP) is 2.25. The highest BCUT2D eigenvalue weighted by molar-refractivity contribution is 6.31. The first-order chi connectivity index (χ1) is 11.6. The molecule has 0 aliphatic rings. The average Bonchev–Trinajstić information content (AvgIpc) is 2.97. The number of rotatable bonds is 6. The van der Waals surface area contributed by atoms with Crippen molar-refractivity contribution < 1.29 is 9.72 Å². The van der Waals surface area contributed by atoms with Gasteiger partial charge in [0.15, 0.2) is 0 Å². The van der Waals surface area contributed by atoms with Crippen molar-refractivity contribution in [3.63, 3.8) is 0 Å². The number of nitrogens with zero attached hydrogens (tertiary/aromatic N) is 5. The molecule has 0 fully saturated rings. The molecule has 1 N–H and O–H groups in total. The van der Waals surface area contributed by atoms with Crippen molar-refractivity contribution in [1.29, 1.82) is 0 Å². The summed E-state index contributed by atoms with van der Waals surface area (Å²) in [5.41, 5.74) is 2.25. The zero-order valence-corrected chi connectivity index (χ0v) is 15.6. The Morgan fingerprint density at radius 2 is 1.88 bits per heavy atom. The lowest BCUT2D eigenvalue weighted by molar-refractivity contribution is -0.386. The van der Waals surface area contributed by atoms with E-state index >= 15 is 0 Å². The lowest BCUT2D eigenvalue weighted by Crippen LogP contribution is -2.34. The normalized spacial score (nSPS) is 12.2. The fraction of sp³-hybridized carbons (Fsp3) is 0.533. The predicted molar refractivity (Wildman–Crippen MR) is 92.8 cm³/mol. The van der Waals surface area contributed by atoms with Crippen LogP contribution in [0.3, 0.4) is 0 Å². The third-order valence-electron chi connectivity index (χ3n) is 4.13. The van der Waals surface area contributed by atoms with Gasteiger partial charge in [0.05, 0.1) is 27.9 Å². The third kappa shape index (κ3) is 3.65. The molecule has 0 saturated carbocycles. The molecule has 0 saturated heterocycles. The number of carbonyl (C=O) groups is 1. The largest absolute Gasteiger partial charge is 0.352 e. The molecule has 2 heterocycles. The molecule has 2 rings (SSSR count). The van der Waals surface area contributed by atoms with Crippen LogP contribution in [0, 0.1) is 37.8 Å². The first-order valence-electron chi connectivity index (χ1n) is 7.82. The van der Waals surface area contributed by atoms with E-state index in [1.54, 1.807) is 39.3 Å². The number of hydrogen-bond donors (Lipinski definition) is 1. The summed E-state index contributed by atoms with van der Waals surface area (Å²) in [4.78, 5) is 22.9. The molecule has 1 unspecified atom stereocenters. The fourth-order valence-electron chi connectivity index (χ4n) is 2.73. The minimum atomic E-state index is -0.513. The molecular formula is C15H21ClN6O3. The van der Waals surface area contributed by atoms with Gasteiger partial charge in [0.2, 0.25) is 5.91 Å². The van der Waals surface area contributed by atoms with E-state index in [-0.39, 0.29) is 11.6 Å². The standard InChI is InChI=1S/C15H21ClN6O3/c1-8-13(16)10(3)21(19-8)12(5)15(23)17-6-7-20-11(4)14(22(24)25)9(2)18-20/h12H,6-7H2,1-5H3,(H,17,23). The summed E-state index contributed by atoms with van der Waals surface area (Å²) in [5, 5.41) is 22.8. The van der Waals surface area contributed by atoms with Gasteiger partial charge in [-0.1, -0.05) is 11.6 Å². The number of amides is 1. The van der Waals surface area contributed by atoms with E-state index in [1.165, 1.54) is 4.68 Å². The highest BCUT2D eigenvalue weighted by atomic mass is 35.5. The van der Waals surface area contributed by atoms with E-state index in [1.807, 2.05) is 0 Å². The smallest absolute Gasteiger partial charge is 0.312 e. The van der Waals surface area contributed by atoms with E-state index in [0.29, 0.717) is 35.2 Å². The Bertz CT molecular complexity index is 826. The van der Waals surface area contributed by atoms with Crippen LogP contribution in [0.4, 0.5) is 5.69 Å². The van der Waals surface area contributed by atoms with Crippen LogP contribution in [0.25, 0.3) is 0 Å². The minimum absolute atomic E-state index is 0.0111. The quantitative estimate of drug-likeness (QED) is 0.621. The zero-order chi connectivity index (χ0) is 18.9. The van der Waals surface area contributed by atoms with Crippen molar-refractivity contribution in [3.8, 4) is 0 Å². The molecule has 0 aromatic carbocycles. The van der Waals surface area contributed by atoms with Crippen LogP contribution in [0.2, 0.25) is 5.02 Å². The average molecular weight is 369 g/mol. The number of carbonyl (C=O) groups excluding carboxylic acids is 1. The van der Waals surface area contributed by atoms with Gasteiger partial charge >= 0.3 is 5.69 Å². The van der Waals surface area contributed by atoms with E-state index in [2.05, 4.69) is 15.5 Å². The lowest BCUT2D eigenvalue weighted by Gasteiger charge is -2.14. The lowest BCUT2D eigenvalue weighted by atomic mass is 10.3. The molecule has 0 radical (unpaired) electrons. The van der Waals surface area contributed by atoms with Crippen LogP contribution >= 0.6 is 11.6 Å². The SMILES string of the molecule is Cc1nn(C(C)C(=O)NCCn2nc(C)c([N+](=O)[O-])c2C)c(C)c1Cl. The topological polar surface area (TPSA) is 108 Å². The maximum atomic E-state index is 12.3. The van der Waals surface area contributed by atoms with Crippen molar-refractivity contribution >= 4 is 23.2 Å². The van der Waals surface area contributed by atoms with Gasteiger partial charge in [-0.3, -0.25) is 24.3 Å². The fourth-order valence-corrected chi connectivity index (χ4v) is 2.86. The van der Waals surface area contributed by atoms with Crippen molar-refractivity contribution in [2.45, 2.75) is 47.2 Å². The van der Waals surface area contributed by atoms with Crippen LogP contribution in [0.15, 0.2) is 0 Å². The highest BCUT2D eigenvalue weighted by Crippen LogP contribution is 2.23. The van der Waals surface area contributed by atoms with Gasteiger partial charge in [-0.25, -0.2) is 0 Å². The van der Waals surface area contributed by atoms with E-state index < -0.39 is 11.0 Å². The molecule has 136 valence electrons. The molecule has 0 bridgehead atoms. The maximum absolute atomic E-state index is 12.3. The number of halogens is 1. The maximum Gasteiger partial charge on any atom is 0.312 e. The molecule has 2 aromatic rings. The molecule has 25 heavy (non-hydrogen) atoms. The van der Waals surface area contributed by atoms with Gasteiger partial charge in [0.25, 0.3) is 0 Å². The van der Waals surface area contributed by atoms with Crippen molar-refractivity contribution in [3.05, 3.63) is 37.9 Å². The second-order valence-electron chi connectivity index (χ2n) is 5.90. The summed E-state index contributed by atoms with van der Waals surface area (Å²) in [6.07, 6.45) is 0. The van der Waals surface area contributed by atoms with E-state index in [0.717, 1.165) is 5.69 Å². The minimum Gasteiger partial charge on any atom is -0.352 e. The zero-order valence-electron chi connectivity index (χ0n) is 14.8. The Morgan fingerprint density at radius 1 is 1.24 bits per heavy atom. The summed E-state index contributed by atoms with van der Waals surface area (Å²) in [6.45, 7) is 9.20. The first kappa shape index (κ1) is 18.9. The van der Waals surface area contributed by atoms with Gasteiger partial charge in [0, 0.05) is 6.54 Å². The Morgan fingerprint density at radius 3 is 2.36 bits per heavy atom. The van der Waals surface area contributed by atoms with Gasteiger partial charge in [-0.15, -0.1) is 0 Å². The summed E-state index contributed by atoms with van der Waals surface area (Å²) >= 11 is 6.11. The van der Waals surface area contributed by atoms with Crippen LogP contribution in [-0.4, -0.2) is 36.9 Å². The van der Waals surface area contributed by atoms with E-state index in [9.17, 15) is 14.9 Å². The number of hydrogen-bond acceptors (Lipinski definition) is 5. The van der Waals surface area contributed by atoms with Crippen LogP contribution in [-0.2, 0) is 11.3 Å². The molecule has 10 heteroatoms. The van der Waals surface area contributed by atoms with Gasteiger partial charge < -0.3 is 5.32 Å². The molecule has 1 atom stereocenters. The van der Waals surface area contributed by atoms with Gasteiger partial charge in [0.1, 0.15) is 17.4 Å². The summed E-state index contributed by atoms with van der Waals surface area (Å²) in [6, 6.07) is -0.513. The monoisotopic (exact) mass is 368 g/mol. The Balaban J connectivity index is 2.00. The molecule has 0 aliphatic heterocycles. The number of aromatic nitrogens is 4. The van der Waals surface area contributed by atoms with Crippen LogP contribution in [0.5, 0.6) is 0 Å². The van der Waals surface area contributed by atoms with Gasteiger partial charge in [-0.2, -0.15) is 10.2 Å². The van der Waals surface area contributed by atoms with Gasteiger partial charge in [-0.05, 0) is 34.6 Å². The number of nitro groups is 1. The van der Waals surface area contributed by atoms with E-state index in [4.69, 9.17) is 11.6 Å².